The molecule has 1 saturated carbocycles. The fourth-order valence-electron chi connectivity index (χ4n) is 2.57. The maximum absolute atomic E-state index is 12.2. The Morgan fingerprint density at radius 1 is 1.45 bits per heavy atom. The van der Waals surface area contributed by atoms with E-state index in [0.29, 0.717) is 17.6 Å². The van der Waals surface area contributed by atoms with Crippen LogP contribution in [0.15, 0.2) is 16.7 Å². The third kappa shape index (κ3) is 3.26. The summed E-state index contributed by atoms with van der Waals surface area (Å²) in [7, 11) is 0. The Morgan fingerprint density at radius 2 is 2.25 bits per heavy atom. The summed E-state index contributed by atoms with van der Waals surface area (Å²) in [6, 6.07) is 2.27. The molecule has 1 saturated heterocycles. The zero-order chi connectivity index (χ0) is 14.1. The van der Waals surface area contributed by atoms with Crippen LogP contribution in [0.2, 0.25) is 5.02 Å². The van der Waals surface area contributed by atoms with Gasteiger partial charge < -0.3 is 10.2 Å². The molecule has 1 aliphatic heterocycles. The highest BCUT2D eigenvalue weighted by Crippen LogP contribution is 2.30. The van der Waals surface area contributed by atoms with E-state index < -0.39 is 0 Å². The molecule has 6 heteroatoms. The first kappa shape index (κ1) is 14.1. The van der Waals surface area contributed by atoms with Gasteiger partial charge >= 0.3 is 0 Å². The summed E-state index contributed by atoms with van der Waals surface area (Å²) in [6.45, 7) is 1.61. The Kier molecular flexibility index (Phi) is 4.17. The van der Waals surface area contributed by atoms with Crippen LogP contribution >= 0.6 is 27.5 Å². The summed E-state index contributed by atoms with van der Waals surface area (Å²) >= 11 is 9.61. The number of hydrogen-bond acceptors (Lipinski definition) is 3. The summed E-state index contributed by atoms with van der Waals surface area (Å²) < 4.78 is 0.867. The van der Waals surface area contributed by atoms with Crippen molar-refractivity contribution in [2.75, 3.05) is 18.0 Å². The molecule has 2 aliphatic rings. The molecule has 3 rings (SSSR count). The molecule has 1 aliphatic carbocycles. The molecule has 1 aromatic rings. The summed E-state index contributed by atoms with van der Waals surface area (Å²) in [4.78, 5) is 18.7. The molecule has 1 aromatic heterocycles. The number of carbonyl (C=O) groups is 1. The van der Waals surface area contributed by atoms with E-state index in [1.165, 1.54) is 0 Å². The van der Waals surface area contributed by atoms with E-state index >= 15 is 0 Å². The minimum absolute atomic E-state index is 0.0471. The summed E-state index contributed by atoms with van der Waals surface area (Å²) in [5.41, 5.74) is 0. The molecule has 1 amide bonds. The lowest BCUT2D eigenvalue weighted by molar-refractivity contribution is -0.125. The number of pyridine rings is 1. The number of rotatable bonds is 3. The number of carbonyl (C=O) groups excluding carboxylic acids is 1. The maximum atomic E-state index is 12.2. The van der Waals surface area contributed by atoms with Crippen molar-refractivity contribution in [2.45, 2.75) is 31.7 Å². The molecule has 0 bridgehead atoms. The second kappa shape index (κ2) is 5.90. The van der Waals surface area contributed by atoms with Crippen LogP contribution in [0.1, 0.15) is 25.7 Å². The van der Waals surface area contributed by atoms with E-state index in [1.54, 1.807) is 6.20 Å². The molecule has 0 spiro atoms. The quantitative estimate of drug-likeness (QED) is 0.903. The molecule has 1 N–H and O–H groups in total. The van der Waals surface area contributed by atoms with Gasteiger partial charge in [-0.3, -0.25) is 4.79 Å². The molecule has 20 heavy (non-hydrogen) atoms. The Bertz CT molecular complexity index is 521. The molecule has 2 fully saturated rings. The standard InChI is InChI=1S/C14H17BrClN3O/c15-10-6-12(16)13(17-7-10)19-5-1-2-9(8-19)14(20)18-11-3-4-11/h6-7,9,11H,1-5,8H2,(H,18,20). The van der Waals surface area contributed by atoms with E-state index in [4.69, 9.17) is 11.6 Å². The predicted molar refractivity (Wildman–Crippen MR) is 83.0 cm³/mol. The third-order valence-corrected chi connectivity index (χ3v) is 4.52. The van der Waals surface area contributed by atoms with Crippen LogP contribution in [0.25, 0.3) is 0 Å². The van der Waals surface area contributed by atoms with Gasteiger partial charge in [-0.15, -0.1) is 0 Å². The van der Waals surface area contributed by atoms with Crippen molar-refractivity contribution in [3.8, 4) is 0 Å². The summed E-state index contributed by atoms with van der Waals surface area (Å²) in [5, 5.41) is 3.72. The lowest BCUT2D eigenvalue weighted by Crippen LogP contribution is -2.44. The van der Waals surface area contributed by atoms with Crippen LogP contribution in [-0.4, -0.2) is 30.0 Å². The van der Waals surface area contributed by atoms with E-state index in [1.807, 2.05) is 6.07 Å². The van der Waals surface area contributed by atoms with Gasteiger partial charge in [-0.2, -0.15) is 0 Å². The monoisotopic (exact) mass is 357 g/mol. The van der Waals surface area contributed by atoms with Crippen LogP contribution < -0.4 is 10.2 Å². The zero-order valence-electron chi connectivity index (χ0n) is 11.1. The SMILES string of the molecule is O=C(NC1CC1)C1CCCN(c2ncc(Br)cc2Cl)C1. The van der Waals surface area contributed by atoms with Gasteiger partial charge in [0.05, 0.1) is 10.9 Å². The van der Waals surface area contributed by atoms with Crippen LogP contribution in [0, 0.1) is 5.92 Å². The normalized spacial score (nSPS) is 22.7. The Morgan fingerprint density at radius 3 is 2.95 bits per heavy atom. The Labute approximate surface area is 132 Å². The number of anilines is 1. The van der Waals surface area contributed by atoms with E-state index in [9.17, 15) is 4.79 Å². The highest BCUT2D eigenvalue weighted by atomic mass is 79.9. The number of aromatic nitrogens is 1. The van der Waals surface area contributed by atoms with Gasteiger partial charge in [-0.25, -0.2) is 4.98 Å². The average Bonchev–Trinajstić information content (AvgIpc) is 3.23. The van der Waals surface area contributed by atoms with Gasteiger partial charge in [0.2, 0.25) is 5.91 Å². The van der Waals surface area contributed by atoms with Crippen molar-refractivity contribution in [1.29, 1.82) is 0 Å². The highest BCUT2D eigenvalue weighted by molar-refractivity contribution is 9.10. The minimum Gasteiger partial charge on any atom is -0.355 e. The van der Waals surface area contributed by atoms with Gasteiger partial charge in [0.1, 0.15) is 5.82 Å². The fourth-order valence-corrected chi connectivity index (χ4v) is 3.32. The molecule has 2 heterocycles. The lowest BCUT2D eigenvalue weighted by Gasteiger charge is -2.33. The van der Waals surface area contributed by atoms with Crippen molar-refractivity contribution in [3.05, 3.63) is 21.8 Å². The van der Waals surface area contributed by atoms with E-state index in [-0.39, 0.29) is 11.8 Å². The second-order valence-electron chi connectivity index (χ2n) is 5.53. The van der Waals surface area contributed by atoms with Crippen molar-refractivity contribution < 1.29 is 4.79 Å². The molecule has 1 atom stereocenters. The fraction of sp³-hybridized carbons (Fsp3) is 0.571. The van der Waals surface area contributed by atoms with Crippen molar-refractivity contribution in [2.24, 2.45) is 5.92 Å². The molecule has 0 aromatic carbocycles. The molecule has 1 unspecified atom stereocenters. The van der Waals surface area contributed by atoms with Crippen LogP contribution in [0.5, 0.6) is 0 Å². The first-order chi connectivity index (χ1) is 9.63. The van der Waals surface area contributed by atoms with Crippen molar-refractivity contribution >= 4 is 39.3 Å². The number of amides is 1. The smallest absolute Gasteiger partial charge is 0.225 e. The van der Waals surface area contributed by atoms with Gasteiger partial charge in [0.15, 0.2) is 0 Å². The number of piperidine rings is 1. The molecule has 4 nitrogen and oxygen atoms in total. The predicted octanol–water partition coefficient (Wildman–Crippen LogP) is 2.99. The van der Waals surface area contributed by atoms with Crippen LogP contribution in [0.4, 0.5) is 5.82 Å². The number of nitrogens with zero attached hydrogens (tertiary/aromatic N) is 2. The molecule has 108 valence electrons. The molecular weight excluding hydrogens is 342 g/mol. The number of nitrogens with one attached hydrogen (secondary N) is 1. The molecule has 0 radical (unpaired) electrons. The van der Waals surface area contributed by atoms with Gasteiger partial charge in [-0.1, -0.05) is 11.6 Å². The van der Waals surface area contributed by atoms with E-state index in [0.717, 1.165) is 42.5 Å². The largest absolute Gasteiger partial charge is 0.355 e. The van der Waals surface area contributed by atoms with E-state index in [2.05, 4.69) is 31.1 Å². The Hall–Kier alpha value is -0.810. The highest BCUT2D eigenvalue weighted by Gasteiger charge is 2.31. The maximum Gasteiger partial charge on any atom is 0.225 e. The second-order valence-corrected chi connectivity index (χ2v) is 6.85. The van der Waals surface area contributed by atoms with Gasteiger partial charge in [0.25, 0.3) is 0 Å². The lowest BCUT2D eigenvalue weighted by atomic mass is 9.97. The summed E-state index contributed by atoms with van der Waals surface area (Å²) in [6.07, 6.45) is 5.94. The number of halogens is 2. The van der Waals surface area contributed by atoms with Crippen molar-refractivity contribution in [1.82, 2.24) is 10.3 Å². The van der Waals surface area contributed by atoms with Crippen LogP contribution in [0.3, 0.4) is 0 Å². The van der Waals surface area contributed by atoms with Gasteiger partial charge in [0, 0.05) is 29.8 Å². The third-order valence-electron chi connectivity index (χ3n) is 3.80. The average molecular weight is 359 g/mol. The summed E-state index contributed by atoms with van der Waals surface area (Å²) in [5.74, 6) is 1.01. The van der Waals surface area contributed by atoms with Crippen molar-refractivity contribution in [3.63, 3.8) is 0 Å². The first-order valence-electron chi connectivity index (χ1n) is 7.00. The van der Waals surface area contributed by atoms with Crippen LogP contribution in [-0.2, 0) is 4.79 Å². The number of hydrogen-bond donors (Lipinski definition) is 1. The zero-order valence-corrected chi connectivity index (χ0v) is 13.5. The topological polar surface area (TPSA) is 45.2 Å². The molecular formula is C14H17BrClN3O. The first-order valence-corrected chi connectivity index (χ1v) is 8.17. The van der Waals surface area contributed by atoms with Gasteiger partial charge in [-0.05, 0) is 47.7 Å². The minimum atomic E-state index is 0.0471. The Balaban J connectivity index is 1.69.